The van der Waals surface area contributed by atoms with Crippen LogP contribution in [-0.4, -0.2) is 45.1 Å². The van der Waals surface area contributed by atoms with Crippen LogP contribution in [0.15, 0.2) is 54.6 Å². The highest BCUT2D eigenvalue weighted by molar-refractivity contribution is 7.80. The zero-order valence-electron chi connectivity index (χ0n) is 15.4. The first-order valence-corrected chi connectivity index (χ1v) is 9.34. The van der Waals surface area contributed by atoms with Crippen LogP contribution in [0.3, 0.4) is 0 Å². The molecule has 0 fully saturated rings. The van der Waals surface area contributed by atoms with Crippen LogP contribution < -0.4 is 19.7 Å². The van der Waals surface area contributed by atoms with Crippen LogP contribution in [0.25, 0.3) is 6.08 Å². The van der Waals surface area contributed by atoms with Gasteiger partial charge in [-0.15, -0.1) is 0 Å². The monoisotopic (exact) mass is 384 g/mol. The van der Waals surface area contributed by atoms with Gasteiger partial charge in [0.25, 0.3) is 0 Å². The van der Waals surface area contributed by atoms with Crippen LogP contribution in [0.4, 0.5) is 5.69 Å². The first-order chi connectivity index (χ1) is 13.3. The van der Waals surface area contributed by atoms with Crippen molar-refractivity contribution >= 4 is 29.1 Å². The Morgan fingerprint density at radius 3 is 2.70 bits per heavy atom. The Labute approximate surface area is 165 Å². The summed E-state index contributed by atoms with van der Waals surface area (Å²) >= 11 is 5.61. The maximum absolute atomic E-state index is 5.71. The van der Waals surface area contributed by atoms with E-state index in [1.807, 2.05) is 41.3 Å². The molecule has 2 aromatic rings. The summed E-state index contributed by atoms with van der Waals surface area (Å²) in [6.45, 7) is 3.01. The van der Waals surface area contributed by atoms with Gasteiger partial charge in [-0.1, -0.05) is 42.5 Å². The predicted molar refractivity (Wildman–Crippen MR) is 113 cm³/mol. The molecule has 0 aromatic heterocycles. The summed E-state index contributed by atoms with van der Waals surface area (Å²) in [6.07, 6.45) is 4.18. The number of fused-ring (bicyclic) bond motifs is 1. The van der Waals surface area contributed by atoms with Crippen LogP contribution in [0.5, 0.6) is 11.5 Å². The number of ether oxygens (including phenoxy) is 3. The molecule has 0 unspecified atom stereocenters. The molecule has 0 aliphatic carbocycles. The smallest absolute Gasteiger partial charge is 0.173 e. The van der Waals surface area contributed by atoms with Crippen molar-refractivity contribution in [3.8, 4) is 11.5 Å². The maximum atomic E-state index is 5.71. The summed E-state index contributed by atoms with van der Waals surface area (Å²) in [4.78, 5) is 2.03. The fraction of sp³-hybridized carbons (Fsp3) is 0.286. The number of benzene rings is 2. The Hall–Kier alpha value is -2.57. The maximum Gasteiger partial charge on any atom is 0.173 e. The molecule has 0 saturated carbocycles. The highest BCUT2D eigenvalue weighted by Gasteiger charge is 2.16. The molecule has 142 valence electrons. The number of nitrogens with one attached hydrogen (secondary N) is 1. The van der Waals surface area contributed by atoms with Gasteiger partial charge < -0.3 is 24.4 Å². The van der Waals surface area contributed by atoms with Crippen molar-refractivity contribution in [2.75, 3.05) is 44.9 Å². The summed E-state index contributed by atoms with van der Waals surface area (Å²) in [5.41, 5.74) is 2.10. The van der Waals surface area contributed by atoms with Gasteiger partial charge in [-0.05, 0) is 29.9 Å². The van der Waals surface area contributed by atoms with Gasteiger partial charge in [0.2, 0.25) is 0 Å². The molecule has 5 nitrogen and oxygen atoms in total. The molecule has 1 aliphatic heterocycles. The summed E-state index contributed by atoms with van der Waals surface area (Å²) in [5.74, 6) is 1.51. The van der Waals surface area contributed by atoms with Gasteiger partial charge in [0.05, 0.1) is 6.61 Å². The third kappa shape index (κ3) is 5.45. The van der Waals surface area contributed by atoms with E-state index in [4.69, 9.17) is 26.4 Å². The lowest BCUT2D eigenvalue weighted by molar-refractivity contribution is 0.171. The molecule has 3 rings (SSSR count). The van der Waals surface area contributed by atoms with Crippen molar-refractivity contribution in [2.45, 2.75) is 0 Å². The summed E-state index contributed by atoms with van der Waals surface area (Å²) in [5, 5.41) is 3.88. The van der Waals surface area contributed by atoms with Gasteiger partial charge in [0.1, 0.15) is 13.2 Å². The molecule has 6 heteroatoms. The van der Waals surface area contributed by atoms with Gasteiger partial charge in [0.15, 0.2) is 16.6 Å². The highest BCUT2D eigenvalue weighted by Crippen LogP contribution is 2.34. The molecule has 0 bridgehead atoms. The minimum Gasteiger partial charge on any atom is -0.486 e. The standard InChI is InChI=1S/C21H24N2O3S/c1-24-13-11-22-21(27)23(12-5-8-17-6-3-2-4-7-17)18-9-10-19-20(16-18)26-15-14-25-19/h2-10,16H,11-15H2,1H3,(H,22,27)/b8-5+. The molecule has 2 aromatic carbocycles. The molecule has 0 radical (unpaired) electrons. The fourth-order valence-electron chi connectivity index (χ4n) is 2.72. The molecule has 0 spiro atoms. The van der Waals surface area contributed by atoms with Crippen molar-refractivity contribution in [2.24, 2.45) is 0 Å². The van der Waals surface area contributed by atoms with E-state index in [-0.39, 0.29) is 0 Å². The number of methoxy groups -OCH3 is 1. The van der Waals surface area contributed by atoms with E-state index < -0.39 is 0 Å². The number of rotatable bonds is 7. The Bertz CT molecular complexity index is 780. The quantitative estimate of drug-likeness (QED) is 0.582. The SMILES string of the molecule is COCCNC(=S)N(C/C=C/c1ccccc1)c1ccc2c(c1)OCCO2. The molecular formula is C21H24N2O3S. The lowest BCUT2D eigenvalue weighted by Crippen LogP contribution is -2.41. The number of hydrogen-bond donors (Lipinski definition) is 1. The highest BCUT2D eigenvalue weighted by atomic mass is 32.1. The predicted octanol–water partition coefficient (Wildman–Crippen LogP) is 3.50. The Balaban J connectivity index is 1.76. The minimum absolute atomic E-state index is 0.556. The number of hydrogen-bond acceptors (Lipinski definition) is 4. The third-order valence-corrected chi connectivity index (χ3v) is 4.43. The van der Waals surface area contributed by atoms with Gasteiger partial charge in [0, 0.05) is 32.0 Å². The zero-order chi connectivity index (χ0) is 18.9. The Morgan fingerprint density at radius 1 is 1.15 bits per heavy atom. The topological polar surface area (TPSA) is 43.0 Å². The van der Waals surface area contributed by atoms with E-state index in [0.717, 1.165) is 22.7 Å². The second-order valence-electron chi connectivity index (χ2n) is 5.98. The Morgan fingerprint density at radius 2 is 1.93 bits per heavy atom. The average Bonchev–Trinajstić information content (AvgIpc) is 2.72. The van der Waals surface area contributed by atoms with E-state index in [0.29, 0.717) is 38.0 Å². The minimum atomic E-state index is 0.556. The van der Waals surface area contributed by atoms with Crippen molar-refractivity contribution in [1.82, 2.24) is 5.32 Å². The van der Waals surface area contributed by atoms with Gasteiger partial charge >= 0.3 is 0 Å². The molecule has 1 aliphatic rings. The van der Waals surface area contributed by atoms with E-state index in [2.05, 4.69) is 29.6 Å². The molecule has 0 saturated heterocycles. The summed E-state index contributed by atoms with van der Waals surface area (Å²) in [7, 11) is 1.67. The second kappa shape index (κ2) is 9.94. The number of nitrogens with zero attached hydrogens (tertiary/aromatic N) is 1. The first-order valence-electron chi connectivity index (χ1n) is 8.93. The Kier molecular flexibility index (Phi) is 7.07. The van der Waals surface area contributed by atoms with Crippen LogP contribution in [-0.2, 0) is 4.74 Å². The zero-order valence-corrected chi connectivity index (χ0v) is 16.2. The normalized spacial score (nSPS) is 12.8. The van der Waals surface area contributed by atoms with Crippen LogP contribution in [0, 0.1) is 0 Å². The van der Waals surface area contributed by atoms with E-state index in [1.54, 1.807) is 7.11 Å². The average molecular weight is 385 g/mol. The van der Waals surface area contributed by atoms with Gasteiger partial charge in [-0.3, -0.25) is 0 Å². The summed E-state index contributed by atoms with van der Waals surface area (Å²) < 4.78 is 16.4. The molecule has 0 amide bonds. The van der Waals surface area contributed by atoms with Crippen LogP contribution in [0.2, 0.25) is 0 Å². The molecule has 1 heterocycles. The number of anilines is 1. The largest absolute Gasteiger partial charge is 0.486 e. The molecular weight excluding hydrogens is 360 g/mol. The molecule has 0 atom stereocenters. The number of thiocarbonyl (C=S) groups is 1. The third-order valence-electron chi connectivity index (χ3n) is 4.06. The fourth-order valence-corrected chi connectivity index (χ4v) is 3.00. The summed E-state index contributed by atoms with van der Waals surface area (Å²) in [6, 6.07) is 16.1. The van der Waals surface area contributed by atoms with Crippen molar-refractivity contribution in [1.29, 1.82) is 0 Å². The lowest BCUT2D eigenvalue weighted by Gasteiger charge is -2.27. The van der Waals surface area contributed by atoms with Crippen LogP contribution in [0.1, 0.15) is 5.56 Å². The first kappa shape index (κ1) is 19.2. The molecule has 1 N–H and O–H groups in total. The van der Waals surface area contributed by atoms with Gasteiger partial charge in [-0.2, -0.15) is 0 Å². The van der Waals surface area contributed by atoms with Crippen LogP contribution >= 0.6 is 12.2 Å². The van der Waals surface area contributed by atoms with E-state index >= 15 is 0 Å². The van der Waals surface area contributed by atoms with Gasteiger partial charge in [-0.25, -0.2) is 0 Å². The van der Waals surface area contributed by atoms with E-state index in [1.165, 1.54) is 0 Å². The lowest BCUT2D eigenvalue weighted by atomic mass is 10.2. The van der Waals surface area contributed by atoms with Crippen molar-refractivity contribution in [3.63, 3.8) is 0 Å². The van der Waals surface area contributed by atoms with E-state index in [9.17, 15) is 0 Å². The van der Waals surface area contributed by atoms with Crippen molar-refractivity contribution < 1.29 is 14.2 Å². The second-order valence-corrected chi connectivity index (χ2v) is 6.36. The van der Waals surface area contributed by atoms with Crippen molar-refractivity contribution in [3.05, 3.63) is 60.2 Å². The molecule has 27 heavy (non-hydrogen) atoms.